The molecule has 6 nitrogen and oxygen atoms in total. The molecule has 1 amide bonds. The number of benzene rings is 2. The second kappa shape index (κ2) is 6.04. The molecule has 3 heterocycles. The van der Waals surface area contributed by atoms with Crippen LogP contribution in [-0.2, 0) is 16.6 Å². The number of hydrogen-bond donors (Lipinski definition) is 2. The summed E-state index contributed by atoms with van der Waals surface area (Å²) in [6.07, 6.45) is 1.62. The summed E-state index contributed by atoms with van der Waals surface area (Å²) < 4.78 is 5.71. The van der Waals surface area contributed by atoms with E-state index in [1.807, 2.05) is 11.0 Å². The number of nitrogens with zero attached hydrogens (tertiary/aromatic N) is 2. The van der Waals surface area contributed by atoms with Crippen LogP contribution in [0.5, 0.6) is 11.5 Å². The highest BCUT2D eigenvalue weighted by Crippen LogP contribution is 2.61. The van der Waals surface area contributed by atoms with Gasteiger partial charge in [-0.15, -0.1) is 0 Å². The third-order valence-corrected chi connectivity index (χ3v) is 7.02. The van der Waals surface area contributed by atoms with E-state index in [1.54, 1.807) is 6.07 Å². The molecule has 2 aromatic carbocycles. The van der Waals surface area contributed by atoms with Crippen molar-refractivity contribution in [3.05, 3.63) is 64.0 Å². The highest BCUT2D eigenvalue weighted by atomic mass is 16.5. The van der Waals surface area contributed by atoms with Gasteiger partial charge in [0.05, 0.1) is 5.69 Å². The van der Waals surface area contributed by atoms with Crippen molar-refractivity contribution < 1.29 is 14.6 Å². The number of carbonyl (C=O) groups is 1. The fourth-order valence-corrected chi connectivity index (χ4v) is 5.78. The normalized spacial score (nSPS) is 25.2. The molecule has 1 spiro atoms. The van der Waals surface area contributed by atoms with Crippen LogP contribution in [0, 0.1) is 11.3 Å². The minimum absolute atomic E-state index is 0.00546. The van der Waals surface area contributed by atoms with Crippen molar-refractivity contribution in [2.24, 2.45) is 5.73 Å². The van der Waals surface area contributed by atoms with Crippen molar-refractivity contribution in [3.8, 4) is 17.6 Å². The Kier molecular flexibility index (Phi) is 3.80. The first-order valence-electron chi connectivity index (χ1n) is 10.6. The van der Waals surface area contributed by atoms with Crippen LogP contribution in [0.15, 0.2) is 41.8 Å². The quantitative estimate of drug-likeness (QED) is 0.734. The number of hydrogen-bond acceptors (Lipinski definition) is 5. The molecule has 0 radical (unpaired) electrons. The molecule has 2 atom stereocenters. The number of ether oxygens (including phenoxy) is 1. The van der Waals surface area contributed by atoms with Gasteiger partial charge in [0.25, 0.3) is 0 Å². The third kappa shape index (κ3) is 2.24. The molecule has 2 aromatic rings. The summed E-state index contributed by atoms with van der Waals surface area (Å²) in [5.74, 6) is 0.275. The van der Waals surface area contributed by atoms with Gasteiger partial charge in [0, 0.05) is 22.7 Å². The number of phenols is 1. The molecule has 0 fully saturated rings. The van der Waals surface area contributed by atoms with Gasteiger partial charge < -0.3 is 20.5 Å². The van der Waals surface area contributed by atoms with Gasteiger partial charge in [0.15, 0.2) is 0 Å². The Morgan fingerprint density at radius 3 is 2.71 bits per heavy atom. The first kappa shape index (κ1) is 19.5. The van der Waals surface area contributed by atoms with E-state index in [0.29, 0.717) is 11.3 Å². The number of rotatable bonds is 1. The molecule has 0 aliphatic carbocycles. The molecule has 31 heavy (non-hydrogen) atoms. The van der Waals surface area contributed by atoms with Crippen LogP contribution in [0.25, 0.3) is 0 Å². The highest BCUT2D eigenvalue weighted by molar-refractivity contribution is 6.16. The van der Waals surface area contributed by atoms with Crippen LogP contribution < -0.4 is 15.4 Å². The molecule has 3 aliphatic heterocycles. The minimum atomic E-state index is -1.39. The topological polar surface area (TPSA) is 99.6 Å². The van der Waals surface area contributed by atoms with E-state index >= 15 is 0 Å². The van der Waals surface area contributed by atoms with Gasteiger partial charge in [-0.2, -0.15) is 5.26 Å². The lowest BCUT2D eigenvalue weighted by Crippen LogP contribution is -2.54. The van der Waals surface area contributed by atoms with Crippen LogP contribution in [0.2, 0.25) is 0 Å². The zero-order valence-corrected chi connectivity index (χ0v) is 18.1. The summed E-state index contributed by atoms with van der Waals surface area (Å²) in [7, 11) is 0. The number of aryl methyl sites for hydroxylation is 1. The van der Waals surface area contributed by atoms with Crippen molar-refractivity contribution in [2.75, 3.05) is 4.90 Å². The van der Waals surface area contributed by atoms with Gasteiger partial charge in [-0.1, -0.05) is 26.0 Å². The van der Waals surface area contributed by atoms with E-state index in [2.05, 4.69) is 39.8 Å². The van der Waals surface area contributed by atoms with E-state index in [0.717, 1.165) is 35.2 Å². The van der Waals surface area contributed by atoms with E-state index in [4.69, 9.17) is 10.5 Å². The zero-order chi connectivity index (χ0) is 22.3. The van der Waals surface area contributed by atoms with Crippen LogP contribution >= 0.6 is 0 Å². The van der Waals surface area contributed by atoms with Gasteiger partial charge in [-0.05, 0) is 55.9 Å². The van der Waals surface area contributed by atoms with E-state index in [1.165, 1.54) is 12.1 Å². The lowest BCUT2D eigenvalue weighted by Gasteiger charge is -2.44. The lowest BCUT2D eigenvalue weighted by molar-refractivity contribution is -0.122. The van der Waals surface area contributed by atoms with Crippen LogP contribution in [0.1, 0.15) is 62.3 Å². The second-order valence-electron chi connectivity index (χ2n) is 9.38. The molecule has 0 saturated carbocycles. The number of aromatic hydroxyl groups is 1. The van der Waals surface area contributed by atoms with Crippen LogP contribution in [0.3, 0.4) is 0 Å². The van der Waals surface area contributed by atoms with Gasteiger partial charge in [0.1, 0.15) is 28.6 Å². The maximum absolute atomic E-state index is 14.4. The van der Waals surface area contributed by atoms with E-state index < -0.39 is 11.0 Å². The average Bonchev–Trinajstić information content (AvgIpc) is 2.96. The largest absolute Gasteiger partial charge is 0.508 e. The van der Waals surface area contributed by atoms with Crippen LogP contribution in [0.4, 0.5) is 5.69 Å². The van der Waals surface area contributed by atoms with Crippen molar-refractivity contribution in [3.63, 3.8) is 0 Å². The molecule has 0 saturated heterocycles. The maximum Gasteiger partial charge on any atom is 0.248 e. The number of phenolic OH excluding ortho intramolecular Hbond substituents is 1. The number of anilines is 1. The summed E-state index contributed by atoms with van der Waals surface area (Å²) >= 11 is 0. The Morgan fingerprint density at radius 2 is 2.03 bits per heavy atom. The standard InChI is InChI=1S/C25H25N3O3/c1-5-14-8-16-13(2)11-24(3,4)28-21(16)18(9-14)25(23(28)30)17-7-6-15(29)10-20(17)31-22(27)19(25)12-26/h6-10,13,29H,5,11,27H2,1-4H3/t13-,25+/m0/s1. The molecule has 3 N–H and O–H groups in total. The summed E-state index contributed by atoms with van der Waals surface area (Å²) in [6.45, 7) is 8.40. The number of amides is 1. The molecule has 0 bridgehead atoms. The first-order valence-corrected chi connectivity index (χ1v) is 10.6. The van der Waals surface area contributed by atoms with Crippen molar-refractivity contribution in [1.29, 1.82) is 5.26 Å². The van der Waals surface area contributed by atoms with E-state index in [9.17, 15) is 15.2 Å². The molecule has 0 unspecified atom stereocenters. The molecule has 0 aromatic heterocycles. The molecule has 3 aliphatic rings. The lowest BCUT2D eigenvalue weighted by atomic mass is 9.68. The fourth-order valence-electron chi connectivity index (χ4n) is 5.78. The Balaban J connectivity index is 1.98. The van der Waals surface area contributed by atoms with Crippen molar-refractivity contribution >= 4 is 11.6 Å². The Labute approximate surface area is 181 Å². The van der Waals surface area contributed by atoms with Gasteiger partial charge in [-0.3, -0.25) is 4.79 Å². The smallest absolute Gasteiger partial charge is 0.248 e. The van der Waals surface area contributed by atoms with Gasteiger partial charge in [0.2, 0.25) is 11.8 Å². The zero-order valence-electron chi connectivity index (χ0n) is 18.1. The Bertz CT molecular complexity index is 1240. The summed E-state index contributed by atoms with van der Waals surface area (Å²) in [5, 5.41) is 20.2. The third-order valence-electron chi connectivity index (χ3n) is 7.02. The molecule has 158 valence electrons. The average molecular weight is 415 g/mol. The Hall–Kier alpha value is -3.46. The number of fused-ring (bicyclic) bond motifs is 3. The molecular formula is C25H25N3O3. The van der Waals surface area contributed by atoms with Crippen molar-refractivity contribution in [2.45, 2.75) is 57.4 Å². The summed E-state index contributed by atoms with van der Waals surface area (Å²) in [6, 6.07) is 11.1. The maximum atomic E-state index is 14.4. The van der Waals surface area contributed by atoms with Crippen LogP contribution in [-0.4, -0.2) is 16.6 Å². The number of nitriles is 1. The highest BCUT2D eigenvalue weighted by Gasteiger charge is 2.63. The molecule has 5 rings (SSSR count). The molecule has 6 heteroatoms. The van der Waals surface area contributed by atoms with E-state index in [-0.39, 0.29) is 29.0 Å². The minimum Gasteiger partial charge on any atom is -0.508 e. The number of nitrogens with two attached hydrogens (primary N) is 1. The second-order valence-corrected chi connectivity index (χ2v) is 9.38. The predicted octanol–water partition coefficient (Wildman–Crippen LogP) is 3.96. The summed E-state index contributed by atoms with van der Waals surface area (Å²) in [4.78, 5) is 16.3. The first-order chi connectivity index (χ1) is 14.7. The monoisotopic (exact) mass is 415 g/mol. The number of carbonyl (C=O) groups excluding carboxylic acids is 1. The van der Waals surface area contributed by atoms with Gasteiger partial charge in [-0.25, -0.2) is 0 Å². The molecular weight excluding hydrogens is 390 g/mol. The fraction of sp³-hybridized carbons (Fsp3) is 0.360. The SMILES string of the molecule is CCc1cc2c3c(c1)[C@@]1(C(=O)N3C(C)(C)C[C@@H]2C)C(C#N)=C(N)Oc2cc(O)ccc21. The summed E-state index contributed by atoms with van der Waals surface area (Å²) in [5.41, 5.74) is 8.93. The van der Waals surface area contributed by atoms with Crippen molar-refractivity contribution in [1.82, 2.24) is 0 Å². The Morgan fingerprint density at radius 1 is 1.29 bits per heavy atom. The predicted molar refractivity (Wildman–Crippen MR) is 117 cm³/mol. The van der Waals surface area contributed by atoms with Gasteiger partial charge >= 0.3 is 0 Å².